The Morgan fingerprint density at radius 2 is 2.14 bits per heavy atom. The van der Waals surface area contributed by atoms with Gasteiger partial charge in [-0.3, -0.25) is 0 Å². The van der Waals surface area contributed by atoms with Crippen molar-refractivity contribution in [3.63, 3.8) is 0 Å². The van der Waals surface area contributed by atoms with Gasteiger partial charge in [-0.2, -0.15) is 0 Å². The van der Waals surface area contributed by atoms with Gasteiger partial charge in [0.2, 0.25) is 5.88 Å². The summed E-state index contributed by atoms with van der Waals surface area (Å²) in [5.74, 6) is 1.29. The summed E-state index contributed by atoms with van der Waals surface area (Å²) in [5.41, 5.74) is 2.54. The van der Waals surface area contributed by atoms with Crippen LogP contribution in [0.4, 0.5) is 0 Å². The van der Waals surface area contributed by atoms with Crippen LogP contribution in [0.1, 0.15) is 29.9 Å². The molecule has 0 amide bonds. The lowest BCUT2D eigenvalue weighted by atomic mass is 9.76. The van der Waals surface area contributed by atoms with Crippen LogP contribution in [0.3, 0.4) is 0 Å². The third-order valence-electron chi connectivity index (χ3n) is 4.06. The number of nitrogens with zero attached hydrogens (tertiary/aromatic N) is 1. The number of aromatic nitrogens is 1. The van der Waals surface area contributed by atoms with Crippen LogP contribution in [0.2, 0.25) is 5.02 Å². The Labute approximate surface area is 130 Å². The number of hydrogen-bond donors (Lipinski definition) is 1. The smallest absolute Gasteiger partial charge is 0.212 e. The highest BCUT2D eigenvalue weighted by atomic mass is 35.5. The highest BCUT2D eigenvalue weighted by Gasteiger charge is 2.29. The van der Waals surface area contributed by atoms with Crippen molar-refractivity contribution in [1.82, 2.24) is 10.3 Å². The summed E-state index contributed by atoms with van der Waals surface area (Å²) in [5, 5.41) is 4.40. The molecule has 21 heavy (non-hydrogen) atoms. The van der Waals surface area contributed by atoms with Crippen molar-refractivity contribution in [3.05, 3.63) is 58.7 Å². The quantitative estimate of drug-likeness (QED) is 0.912. The molecule has 1 saturated carbocycles. The molecule has 1 aliphatic rings. The molecule has 1 fully saturated rings. The Bertz CT molecular complexity index is 594. The zero-order chi connectivity index (χ0) is 14.7. The van der Waals surface area contributed by atoms with Crippen LogP contribution in [-0.4, -0.2) is 18.1 Å². The number of pyridine rings is 1. The number of rotatable bonds is 5. The average molecular weight is 303 g/mol. The van der Waals surface area contributed by atoms with Gasteiger partial charge in [0.1, 0.15) is 0 Å². The van der Waals surface area contributed by atoms with Crippen molar-refractivity contribution >= 4 is 11.6 Å². The van der Waals surface area contributed by atoms with Gasteiger partial charge >= 0.3 is 0 Å². The molecule has 0 unspecified atom stereocenters. The molecule has 3 nitrogen and oxygen atoms in total. The standard InChI is InChI=1S/C17H19ClN2O/c1-21-17-6-5-12(11-20-17)10-19-16-8-14(9-16)13-3-2-4-15(18)7-13/h2-7,11,14,16,19H,8-10H2,1H3. The van der Waals surface area contributed by atoms with Crippen LogP contribution in [0, 0.1) is 0 Å². The predicted octanol–water partition coefficient (Wildman–Crippen LogP) is 3.78. The van der Waals surface area contributed by atoms with E-state index in [2.05, 4.69) is 22.4 Å². The molecule has 1 heterocycles. The van der Waals surface area contributed by atoms with Gasteiger partial charge in [-0.25, -0.2) is 4.98 Å². The SMILES string of the molecule is COc1ccc(CNC2CC(c3cccc(Cl)c3)C2)cn1. The normalized spacial score (nSPS) is 20.9. The highest BCUT2D eigenvalue weighted by molar-refractivity contribution is 6.30. The number of hydrogen-bond acceptors (Lipinski definition) is 3. The fraction of sp³-hybridized carbons (Fsp3) is 0.353. The molecule has 1 N–H and O–H groups in total. The van der Waals surface area contributed by atoms with Crippen LogP contribution in [0.5, 0.6) is 5.88 Å². The second-order valence-electron chi connectivity index (χ2n) is 5.51. The molecule has 2 aromatic rings. The molecule has 0 radical (unpaired) electrons. The molecular formula is C17H19ClN2O. The lowest BCUT2D eigenvalue weighted by Gasteiger charge is -2.36. The first-order valence-corrected chi connectivity index (χ1v) is 7.60. The van der Waals surface area contributed by atoms with Gasteiger partial charge in [-0.15, -0.1) is 0 Å². The maximum absolute atomic E-state index is 6.04. The Balaban J connectivity index is 1.46. The van der Waals surface area contributed by atoms with Gasteiger partial charge in [0, 0.05) is 29.9 Å². The van der Waals surface area contributed by atoms with E-state index < -0.39 is 0 Å². The molecular weight excluding hydrogens is 284 g/mol. The van der Waals surface area contributed by atoms with Crippen molar-refractivity contribution in [2.75, 3.05) is 7.11 Å². The lowest BCUT2D eigenvalue weighted by molar-refractivity contribution is 0.289. The summed E-state index contributed by atoms with van der Waals surface area (Å²) < 4.78 is 5.06. The van der Waals surface area contributed by atoms with Crippen LogP contribution in [0.15, 0.2) is 42.6 Å². The molecule has 0 bridgehead atoms. The second-order valence-corrected chi connectivity index (χ2v) is 5.95. The van der Waals surface area contributed by atoms with Gasteiger partial charge in [0.25, 0.3) is 0 Å². The lowest BCUT2D eigenvalue weighted by Crippen LogP contribution is -2.39. The van der Waals surface area contributed by atoms with E-state index in [1.807, 2.05) is 30.5 Å². The zero-order valence-corrected chi connectivity index (χ0v) is 12.8. The van der Waals surface area contributed by atoms with Crippen molar-refractivity contribution in [2.45, 2.75) is 31.3 Å². The molecule has 1 aromatic heterocycles. The molecule has 110 valence electrons. The Morgan fingerprint density at radius 1 is 1.29 bits per heavy atom. The third kappa shape index (κ3) is 3.55. The summed E-state index contributed by atoms with van der Waals surface area (Å²) in [6.07, 6.45) is 4.20. The van der Waals surface area contributed by atoms with Crippen molar-refractivity contribution in [3.8, 4) is 5.88 Å². The van der Waals surface area contributed by atoms with E-state index in [4.69, 9.17) is 16.3 Å². The van der Waals surface area contributed by atoms with Crippen LogP contribution >= 0.6 is 11.6 Å². The minimum absolute atomic E-state index is 0.580. The van der Waals surface area contributed by atoms with Crippen molar-refractivity contribution < 1.29 is 4.74 Å². The Kier molecular flexibility index (Phi) is 4.42. The first kappa shape index (κ1) is 14.4. The van der Waals surface area contributed by atoms with E-state index >= 15 is 0 Å². The molecule has 3 rings (SSSR count). The monoisotopic (exact) mass is 302 g/mol. The number of nitrogens with one attached hydrogen (secondary N) is 1. The highest BCUT2D eigenvalue weighted by Crippen LogP contribution is 2.37. The molecule has 1 aromatic carbocycles. The van der Waals surface area contributed by atoms with Gasteiger partial charge in [-0.05, 0) is 42.0 Å². The summed E-state index contributed by atoms with van der Waals surface area (Å²) in [6.45, 7) is 0.851. The van der Waals surface area contributed by atoms with Crippen molar-refractivity contribution in [1.29, 1.82) is 0 Å². The third-order valence-corrected chi connectivity index (χ3v) is 4.29. The van der Waals surface area contributed by atoms with Crippen LogP contribution in [-0.2, 0) is 6.54 Å². The molecule has 4 heteroatoms. The number of halogens is 1. The van der Waals surface area contributed by atoms with Gasteiger partial charge in [0.15, 0.2) is 0 Å². The van der Waals surface area contributed by atoms with E-state index in [-0.39, 0.29) is 0 Å². The minimum Gasteiger partial charge on any atom is -0.481 e. The maximum atomic E-state index is 6.04. The Morgan fingerprint density at radius 3 is 2.81 bits per heavy atom. The summed E-state index contributed by atoms with van der Waals surface area (Å²) in [4.78, 5) is 4.21. The zero-order valence-electron chi connectivity index (χ0n) is 12.1. The van der Waals surface area contributed by atoms with Gasteiger partial charge < -0.3 is 10.1 Å². The molecule has 1 aliphatic carbocycles. The van der Waals surface area contributed by atoms with Gasteiger partial charge in [-0.1, -0.05) is 29.8 Å². The van der Waals surface area contributed by atoms with Gasteiger partial charge in [0.05, 0.1) is 7.11 Å². The van der Waals surface area contributed by atoms with E-state index in [9.17, 15) is 0 Å². The first-order valence-electron chi connectivity index (χ1n) is 7.22. The number of benzene rings is 1. The minimum atomic E-state index is 0.580. The largest absolute Gasteiger partial charge is 0.481 e. The summed E-state index contributed by atoms with van der Waals surface area (Å²) in [7, 11) is 1.63. The topological polar surface area (TPSA) is 34.1 Å². The Hall–Kier alpha value is -1.58. The van der Waals surface area contributed by atoms with Crippen molar-refractivity contribution in [2.24, 2.45) is 0 Å². The van der Waals surface area contributed by atoms with E-state index in [1.165, 1.54) is 24.0 Å². The molecule has 0 aliphatic heterocycles. The first-order chi connectivity index (χ1) is 10.2. The maximum Gasteiger partial charge on any atom is 0.212 e. The van der Waals surface area contributed by atoms with E-state index in [0.717, 1.165) is 11.6 Å². The predicted molar refractivity (Wildman–Crippen MR) is 84.8 cm³/mol. The fourth-order valence-electron chi connectivity index (χ4n) is 2.72. The fourth-order valence-corrected chi connectivity index (χ4v) is 2.91. The van der Waals surface area contributed by atoms with Crippen LogP contribution < -0.4 is 10.1 Å². The molecule has 0 spiro atoms. The summed E-state index contributed by atoms with van der Waals surface area (Å²) in [6, 6.07) is 12.7. The van der Waals surface area contributed by atoms with E-state index in [0.29, 0.717) is 17.8 Å². The number of methoxy groups -OCH3 is 1. The molecule has 0 atom stereocenters. The number of ether oxygens (including phenoxy) is 1. The summed E-state index contributed by atoms with van der Waals surface area (Å²) >= 11 is 6.04. The average Bonchev–Trinajstić information content (AvgIpc) is 2.46. The second kappa shape index (κ2) is 6.46. The van der Waals surface area contributed by atoms with Crippen LogP contribution in [0.25, 0.3) is 0 Å². The van der Waals surface area contributed by atoms with E-state index in [1.54, 1.807) is 7.11 Å². The molecule has 0 saturated heterocycles.